The molecular weight excluding hydrogens is 597 g/mol. The standard InChI is InChI=1S/C37H60O6Si2/c1-36(2,3)44(8,9)42-29-33(38)19-15-18-32(28-41-27-31-20-22-34(39-7)23-21-31)35(43-45(10,11)37(4,5)6)24-25-40-26-30-16-13-12-14-17-30/h12-14,16-17,20-23,32-33,35,38H,19,24-29H2,1-11H3/t32-,33-,35?/m0/s1. The summed E-state index contributed by atoms with van der Waals surface area (Å²) in [5, 5.41) is 10.9. The van der Waals surface area contributed by atoms with E-state index in [9.17, 15) is 5.11 Å². The fraction of sp³-hybridized carbons (Fsp3) is 0.622. The van der Waals surface area contributed by atoms with Crippen molar-refractivity contribution in [2.75, 3.05) is 26.9 Å². The van der Waals surface area contributed by atoms with E-state index in [1.165, 1.54) is 0 Å². The van der Waals surface area contributed by atoms with Crippen LogP contribution in [0.25, 0.3) is 0 Å². The lowest BCUT2D eigenvalue weighted by atomic mass is 10.0. The van der Waals surface area contributed by atoms with Crippen LogP contribution in [0.5, 0.6) is 5.75 Å². The zero-order chi connectivity index (χ0) is 33.7. The normalized spacial score (nSPS) is 14.8. The van der Waals surface area contributed by atoms with E-state index in [-0.39, 0.29) is 22.1 Å². The van der Waals surface area contributed by atoms with Crippen LogP contribution in [0.4, 0.5) is 0 Å². The summed E-state index contributed by atoms with van der Waals surface area (Å²) in [6.07, 6.45) is 0.204. The van der Waals surface area contributed by atoms with Gasteiger partial charge in [-0.05, 0) is 65.9 Å². The summed E-state index contributed by atoms with van der Waals surface area (Å²) in [4.78, 5) is 0. The van der Waals surface area contributed by atoms with Crippen LogP contribution in [0.2, 0.25) is 36.3 Å². The number of hydrogen-bond donors (Lipinski definition) is 1. The Kier molecular flexibility index (Phi) is 15.5. The highest BCUT2D eigenvalue weighted by atomic mass is 28.4. The van der Waals surface area contributed by atoms with Crippen molar-refractivity contribution in [3.8, 4) is 17.6 Å². The summed E-state index contributed by atoms with van der Waals surface area (Å²) in [7, 11) is -2.43. The van der Waals surface area contributed by atoms with Gasteiger partial charge < -0.3 is 28.2 Å². The molecule has 0 aromatic heterocycles. The highest BCUT2D eigenvalue weighted by Gasteiger charge is 2.41. The van der Waals surface area contributed by atoms with Crippen LogP contribution in [0.1, 0.15) is 65.5 Å². The van der Waals surface area contributed by atoms with Crippen LogP contribution in [0.3, 0.4) is 0 Å². The van der Waals surface area contributed by atoms with E-state index in [1.807, 2.05) is 42.5 Å². The van der Waals surface area contributed by atoms with Crippen LogP contribution < -0.4 is 4.74 Å². The van der Waals surface area contributed by atoms with E-state index < -0.39 is 22.7 Å². The molecule has 45 heavy (non-hydrogen) atoms. The van der Waals surface area contributed by atoms with Crippen LogP contribution >= 0.6 is 0 Å². The number of ether oxygens (including phenoxy) is 3. The second kappa shape index (κ2) is 17.8. The van der Waals surface area contributed by atoms with E-state index in [1.54, 1.807) is 7.11 Å². The maximum Gasteiger partial charge on any atom is 0.192 e. The van der Waals surface area contributed by atoms with Crippen LogP contribution in [0.15, 0.2) is 54.6 Å². The van der Waals surface area contributed by atoms with Crippen molar-refractivity contribution in [3.05, 3.63) is 65.7 Å². The number of hydrogen-bond acceptors (Lipinski definition) is 6. The Morgan fingerprint density at radius 1 is 0.756 bits per heavy atom. The van der Waals surface area contributed by atoms with Gasteiger partial charge in [0, 0.05) is 13.0 Å². The van der Waals surface area contributed by atoms with E-state index in [2.05, 4.69) is 91.7 Å². The summed E-state index contributed by atoms with van der Waals surface area (Å²) in [5.74, 6) is 7.36. The topological polar surface area (TPSA) is 66.4 Å². The number of benzene rings is 2. The molecule has 252 valence electrons. The molecule has 0 heterocycles. The predicted molar refractivity (Wildman–Crippen MR) is 190 cm³/mol. The van der Waals surface area contributed by atoms with E-state index in [0.29, 0.717) is 45.9 Å². The third-order valence-electron chi connectivity index (χ3n) is 9.15. The lowest BCUT2D eigenvalue weighted by Crippen LogP contribution is -2.46. The monoisotopic (exact) mass is 656 g/mol. The van der Waals surface area contributed by atoms with Crippen molar-refractivity contribution in [3.63, 3.8) is 0 Å². The molecule has 3 atom stereocenters. The van der Waals surface area contributed by atoms with Crippen LogP contribution in [-0.4, -0.2) is 60.9 Å². The Morgan fingerprint density at radius 2 is 1.33 bits per heavy atom. The minimum atomic E-state index is -2.14. The maximum atomic E-state index is 10.8. The van der Waals surface area contributed by atoms with E-state index >= 15 is 0 Å². The first-order chi connectivity index (χ1) is 20.9. The Hall–Kier alpha value is -1.97. The maximum absolute atomic E-state index is 10.8. The molecule has 0 saturated heterocycles. The third kappa shape index (κ3) is 13.7. The van der Waals surface area contributed by atoms with Crippen molar-refractivity contribution in [2.24, 2.45) is 5.92 Å². The molecule has 0 amide bonds. The molecule has 0 radical (unpaired) electrons. The predicted octanol–water partition coefficient (Wildman–Crippen LogP) is 8.60. The van der Waals surface area contributed by atoms with Gasteiger partial charge in [-0.15, -0.1) is 5.92 Å². The minimum absolute atomic E-state index is 0.0371. The van der Waals surface area contributed by atoms with Gasteiger partial charge in [0.15, 0.2) is 16.6 Å². The quantitative estimate of drug-likeness (QED) is 0.105. The third-order valence-corrected chi connectivity index (χ3v) is 18.2. The summed E-state index contributed by atoms with van der Waals surface area (Å²) >= 11 is 0. The SMILES string of the molecule is COc1ccc(COC[C@H](C#CC[C@H](O)CO[Si](C)(C)C(C)(C)C)C(CCOCc2ccccc2)O[Si](C)(C)C(C)(C)C)cc1. The van der Waals surface area contributed by atoms with E-state index in [0.717, 1.165) is 16.9 Å². The highest BCUT2D eigenvalue weighted by Crippen LogP contribution is 2.39. The van der Waals surface area contributed by atoms with Gasteiger partial charge in [0.25, 0.3) is 0 Å². The molecule has 0 saturated carbocycles. The van der Waals surface area contributed by atoms with Crippen molar-refractivity contribution < 1.29 is 28.2 Å². The van der Waals surface area contributed by atoms with E-state index in [4.69, 9.17) is 23.1 Å². The summed E-state index contributed by atoms with van der Waals surface area (Å²) < 4.78 is 30.9. The van der Waals surface area contributed by atoms with Crippen molar-refractivity contribution >= 4 is 16.6 Å². The first-order valence-electron chi connectivity index (χ1n) is 16.3. The largest absolute Gasteiger partial charge is 0.497 e. The molecule has 1 N–H and O–H groups in total. The lowest BCUT2D eigenvalue weighted by molar-refractivity contribution is 0.0247. The van der Waals surface area contributed by atoms with Crippen LogP contribution in [0, 0.1) is 17.8 Å². The fourth-order valence-corrected chi connectivity index (χ4v) is 6.45. The average molecular weight is 657 g/mol. The molecule has 6 nitrogen and oxygen atoms in total. The minimum Gasteiger partial charge on any atom is -0.497 e. The molecule has 0 aliphatic carbocycles. The van der Waals surface area contributed by atoms with Crippen molar-refractivity contribution in [1.82, 2.24) is 0 Å². The zero-order valence-electron chi connectivity index (χ0n) is 29.9. The molecule has 2 rings (SSSR count). The van der Waals surface area contributed by atoms with Gasteiger partial charge in [-0.1, -0.05) is 89.9 Å². The fourth-order valence-electron chi connectivity index (χ4n) is 4.02. The second-order valence-corrected chi connectivity index (χ2v) is 24.5. The molecule has 2 aromatic rings. The van der Waals surface area contributed by atoms with Gasteiger partial charge in [-0.3, -0.25) is 0 Å². The molecule has 1 unspecified atom stereocenters. The van der Waals surface area contributed by atoms with Gasteiger partial charge in [0.05, 0.1) is 51.7 Å². The number of aliphatic hydroxyl groups excluding tert-OH is 1. The first kappa shape index (κ1) is 39.2. The number of methoxy groups -OCH3 is 1. The number of aliphatic hydroxyl groups is 1. The van der Waals surface area contributed by atoms with Crippen molar-refractivity contribution in [1.29, 1.82) is 0 Å². The van der Waals surface area contributed by atoms with Gasteiger partial charge in [-0.2, -0.15) is 0 Å². The Morgan fingerprint density at radius 3 is 1.91 bits per heavy atom. The Bertz CT molecular complexity index is 1170. The molecule has 8 heteroatoms. The molecule has 0 aliphatic rings. The number of rotatable bonds is 17. The first-order valence-corrected chi connectivity index (χ1v) is 22.1. The van der Waals surface area contributed by atoms with Gasteiger partial charge >= 0.3 is 0 Å². The Balaban J connectivity index is 2.21. The van der Waals surface area contributed by atoms with Crippen LogP contribution in [-0.2, 0) is 31.5 Å². The lowest BCUT2D eigenvalue weighted by Gasteiger charge is -2.40. The molecule has 0 aliphatic heterocycles. The van der Waals surface area contributed by atoms with Gasteiger partial charge in [0.2, 0.25) is 0 Å². The highest BCUT2D eigenvalue weighted by molar-refractivity contribution is 6.74. The average Bonchev–Trinajstić information content (AvgIpc) is 2.96. The molecule has 0 bridgehead atoms. The smallest absolute Gasteiger partial charge is 0.192 e. The molecule has 0 fully saturated rings. The van der Waals surface area contributed by atoms with Gasteiger partial charge in [-0.25, -0.2) is 0 Å². The summed E-state index contributed by atoms with van der Waals surface area (Å²) in [6.45, 7) is 24.6. The second-order valence-electron chi connectivity index (χ2n) is 15.0. The molecular formula is C37H60O6Si2. The Labute approximate surface area is 276 Å². The zero-order valence-corrected chi connectivity index (χ0v) is 31.9. The summed E-state index contributed by atoms with van der Waals surface area (Å²) in [5.41, 5.74) is 2.21. The summed E-state index contributed by atoms with van der Waals surface area (Å²) in [6, 6.07) is 18.1. The van der Waals surface area contributed by atoms with Gasteiger partial charge in [0.1, 0.15) is 5.75 Å². The molecule has 2 aromatic carbocycles. The van der Waals surface area contributed by atoms with Crippen molar-refractivity contribution in [2.45, 2.75) is 116 Å². The molecule has 0 spiro atoms.